The molecular weight excluding hydrogens is 408 g/mol. The van der Waals surface area contributed by atoms with Crippen LogP contribution in [0, 0.1) is 20.8 Å². The smallest absolute Gasteiger partial charge is 0.234 e. The fourth-order valence-corrected chi connectivity index (χ4v) is 3.71. The molecule has 1 N–H and O–H groups in total. The molecule has 0 atom stereocenters. The molecule has 1 amide bonds. The number of aryl methyl sites for hydroxylation is 3. The summed E-state index contributed by atoms with van der Waals surface area (Å²) in [5.74, 6) is 1.58. The molecule has 29 heavy (non-hydrogen) atoms. The molecule has 0 aliphatic rings. The SMILES string of the molecule is Cc1cc(C)cc(OCc2nnc(SCC(=O)Nc3cc(Cl)ccc3C)n2C)c1. The third-order valence-electron chi connectivity index (χ3n) is 4.29. The Labute approximate surface area is 179 Å². The zero-order valence-electron chi connectivity index (χ0n) is 16.8. The quantitative estimate of drug-likeness (QED) is 0.550. The molecule has 0 radical (unpaired) electrons. The van der Waals surface area contributed by atoms with Gasteiger partial charge in [0.25, 0.3) is 0 Å². The van der Waals surface area contributed by atoms with Gasteiger partial charge in [0, 0.05) is 17.8 Å². The van der Waals surface area contributed by atoms with Gasteiger partial charge in [-0.15, -0.1) is 10.2 Å². The molecule has 0 spiro atoms. The number of nitrogens with one attached hydrogen (secondary N) is 1. The molecule has 0 saturated carbocycles. The topological polar surface area (TPSA) is 69.0 Å². The fourth-order valence-electron chi connectivity index (χ4n) is 2.81. The predicted molar refractivity (Wildman–Crippen MR) is 117 cm³/mol. The van der Waals surface area contributed by atoms with Crippen LogP contribution in [0.2, 0.25) is 5.02 Å². The Hall–Kier alpha value is -2.51. The summed E-state index contributed by atoms with van der Waals surface area (Å²) in [6.45, 7) is 6.30. The average molecular weight is 431 g/mol. The van der Waals surface area contributed by atoms with Gasteiger partial charge in [0.2, 0.25) is 5.91 Å². The van der Waals surface area contributed by atoms with Crippen LogP contribution in [0.3, 0.4) is 0 Å². The molecule has 0 unspecified atom stereocenters. The Morgan fingerprint density at radius 2 is 1.86 bits per heavy atom. The molecule has 0 saturated heterocycles. The maximum atomic E-state index is 12.3. The molecule has 0 aliphatic heterocycles. The normalized spacial score (nSPS) is 10.8. The molecule has 6 nitrogen and oxygen atoms in total. The second-order valence-electron chi connectivity index (χ2n) is 6.87. The van der Waals surface area contributed by atoms with Crippen LogP contribution in [-0.2, 0) is 18.4 Å². The summed E-state index contributed by atoms with van der Waals surface area (Å²) in [5.41, 5.74) is 3.96. The van der Waals surface area contributed by atoms with E-state index in [1.165, 1.54) is 11.8 Å². The van der Waals surface area contributed by atoms with E-state index in [-0.39, 0.29) is 11.7 Å². The largest absolute Gasteiger partial charge is 0.486 e. The van der Waals surface area contributed by atoms with Crippen LogP contribution in [0.5, 0.6) is 5.75 Å². The number of hydrogen-bond acceptors (Lipinski definition) is 5. The molecule has 152 valence electrons. The minimum atomic E-state index is -0.128. The van der Waals surface area contributed by atoms with Crippen molar-refractivity contribution in [1.82, 2.24) is 14.8 Å². The second kappa shape index (κ2) is 9.33. The number of rotatable bonds is 7. The van der Waals surface area contributed by atoms with E-state index in [0.717, 1.165) is 22.4 Å². The van der Waals surface area contributed by atoms with Crippen molar-refractivity contribution in [1.29, 1.82) is 0 Å². The minimum Gasteiger partial charge on any atom is -0.486 e. The first-order chi connectivity index (χ1) is 13.8. The van der Waals surface area contributed by atoms with Crippen molar-refractivity contribution in [2.45, 2.75) is 32.5 Å². The first-order valence-electron chi connectivity index (χ1n) is 9.10. The van der Waals surface area contributed by atoms with Gasteiger partial charge in [0.15, 0.2) is 11.0 Å². The number of carbonyl (C=O) groups excluding carboxylic acids is 1. The fraction of sp³-hybridized carbons (Fsp3) is 0.286. The van der Waals surface area contributed by atoms with Crippen molar-refractivity contribution < 1.29 is 9.53 Å². The summed E-state index contributed by atoms with van der Waals surface area (Å²) in [5, 5.41) is 12.5. The maximum absolute atomic E-state index is 12.3. The average Bonchev–Trinajstić information content (AvgIpc) is 3.00. The first kappa shape index (κ1) is 21.2. The number of amides is 1. The van der Waals surface area contributed by atoms with Gasteiger partial charge < -0.3 is 14.6 Å². The molecular formula is C21H23ClN4O2S. The number of anilines is 1. The predicted octanol–water partition coefficient (Wildman–Crippen LogP) is 4.70. The summed E-state index contributed by atoms with van der Waals surface area (Å²) in [4.78, 5) is 12.3. The van der Waals surface area contributed by atoms with Gasteiger partial charge in [-0.2, -0.15) is 0 Å². The lowest BCUT2D eigenvalue weighted by molar-refractivity contribution is -0.113. The molecule has 3 aromatic rings. The van der Waals surface area contributed by atoms with Crippen molar-refractivity contribution >= 4 is 35.0 Å². The van der Waals surface area contributed by atoms with Crippen LogP contribution in [0.4, 0.5) is 5.69 Å². The van der Waals surface area contributed by atoms with Crippen LogP contribution in [0.1, 0.15) is 22.5 Å². The Balaban J connectivity index is 1.56. The molecule has 3 rings (SSSR count). The van der Waals surface area contributed by atoms with E-state index in [1.807, 2.05) is 50.6 Å². The number of nitrogens with zero attached hydrogens (tertiary/aromatic N) is 3. The number of aromatic nitrogens is 3. The van der Waals surface area contributed by atoms with E-state index in [1.54, 1.807) is 12.1 Å². The van der Waals surface area contributed by atoms with Crippen LogP contribution in [-0.4, -0.2) is 26.4 Å². The monoisotopic (exact) mass is 430 g/mol. The highest BCUT2D eigenvalue weighted by molar-refractivity contribution is 7.99. The van der Waals surface area contributed by atoms with Crippen molar-refractivity contribution in [3.63, 3.8) is 0 Å². The summed E-state index contributed by atoms with van der Waals surface area (Å²) in [6.07, 6.45) is 0. The summed E-state index contributed by atoms with van der Waals surface area (Å²) in [6, 6.07) is 11.5. The first-order valence-corrected chi connectivity index (χ1v) is 10.5. The lowest BCUT2D eigenvalue weighted by Gasteiger charge is -2.09. The zero-order valence-corrected chi connectivity index (χ0v) is 18.4. The number of carbonyl (C=O) groups is 1. The minimum absolute atomic E-state index is 0.128. The Morgan fingerprint density at radius 3 is 2.59 bits per heavy atom. The number of benzene rings is 2. The van der Waals surface area contributed by atoms with Crippen LogP contribution < -0.4 is 10.1 Å². The zero-order chi connectivity index (χ0) is 21.0. The number of ether oxygens (including phenoxy) is 1. The van der Waals surface area contributed by atoms with E-state index in [9.17, 15) is 4.79 Å². The van der Waals surface area contributed by atoms with Crippen molar-refractivity contribution in [2.75, 3.05) is 11.1 Å². The van der Waals surface area contributed by atoms with Gasteiger partial charge in [-0.25, -0.2) is 0 Å². The van der Waals surface area contributed by atoms with E-state index in [0.29, 0.717) is 28.3 Å². The third-order valence-corrected chi connectivity index (χ3v) is 5.55. The molecule has 1 heterocycles. The van der Waals surface area contributed by atoms with Crippen molar-refractivity contribution in [3.8, 4) is 5.75 Å². The molecule has 0 aliphatic carbocycles. The lowest BCUT2D eigenvalue weighted by Crippen LogP contribution is -2.15. The van der Waals surface area contributed by atoms with Gasteiger partial charge in [-0.3, -0.25) is 4.79 Å². The second-order valence-corrected chi connectivity index (χ2v) is 8.24. The highest BCUT2D eigenvalue weighted by Crippen LogP contribution is 2.22. The highest BCUT2D eigenvalue weighted by Gasteiger charge is 2.13. The van der Waals surface area contributed by atoms with E-state index in [2.05, 4.69) is 21.6 Å². The van der Waals surface area contributed by atoms with E-state index >= 15 is 0 Å². The number of hydrogen-bond donors (Lipinski definition) is 1. The van der Waals surface area contributed by atoms with Gasteiger partial charge in [0.05, 0.1) is 5.75 Å². The van der Waals surface area contributed by atoms with Crippen molar-refractivity contribution in [2.24, 2.45) is 7.05 Å². The molecule has 0 bridgehead atoms. The van der Waals surface area contributed by atoms with Gasteiger partial charge in [0.1, 0.15) is 12.4 Å². The number of thioether (sulfide) groups is 1. The highest BCUT2D eigenvalue weighted by atomic mass is 35.5. The Morgan fingerprint density at radius 1 is 1.14 bits per heavy atom. The Bertz CT molecular complexity index is 1020. The molecule has 2 aromatic carbocycles. The summed E-state index contributed by atoms with van der Waals surface area (Å²) < 4.78 is 7.69. The van der Waals surface area contributed by atoms with Gasteiger partial charge in [-0.05, 0) is 61.7 Å². The summed E-state index contributed by atoms with van der Waals surface area (Å²) >= 11 is 7.32. The third kappa shape index (κ3) is 5.74. The lowest BCUT2D eigenvalue weighted by atomic mass is 10.1. The molecule has 8 heteroatoms. The Kier molecular flexibility index (Phi) is 6.82. The molecule has 0 fully saturated rings. The van der Waals surface area contributed by atoms with Crippen molar-refractivity contribution in [3.05, 3.63) is 63.9 Å². The van der Waals surface area contributed by atoms with E-state index in [4.69, 9.17) is 16.3 Å². The number of halogens is 1. The maximum Gasteiger partial charge on any atom is 0.234 e. The van der Waals surface area contributed by atoms with Gasteiger partial charge >= 0.3 is 0 Å². The van der Waals surface area contributed by atoms with Crippen LogP contribution >= 0.6 is 23.4 Å². The molecule has 1 aromatic heterocycles. The van der Waals surface area contributed by atoms with Crippen LogP contribution in [0.15, 0.2) is 41.6 Å². The van der Waals surface area contributed by atoms with Crippen LogP contribution in [0.25, 0.3) is 0 Å². The van der Waals surface area contributed by atoms with Gasteiger partial charge in [-0.1, -0.05) is 35.5 Å². The standard InChI is InChI=1S/C21H23ClN4O2S/c1-13-7-14(2)9-17(8-13)28-11-19-24-25-21(26(19)4)29-12-20(27)23-18-10-16(22)6-5-15(18)3/h5-10H,11-12H2,1-4H3,(H,23,27). The summed E-state index contributed by atoms with van der Waals surface area (Å²) in [7, 11) is 1.86. The van der Waals surface area contributed by atoms with E-state index < -0.39 is 0 Å².